The Labute approximate surface area is 92.7 Å². The number of nitriles is 1. The predicted octanol–water partition coefficient (Wildman–Crippen LogP) is 2.37. The van der Waals surface area contributed by atoms with Crippen molar-refractivity contribution < 1.29 is 22.0 Å². The van der Waals surface area contributed by atoms with Gasteiger partial charge in [0.2, 0.25) is 0 Å². The van der Waals surface area contributed by atoms with Crippen molar-refractivity contribution in [3.63, 3.8) is 0 Å². The molecule has 0 bridgehead atoms. The first-order valence-corrected chi connectivity index (χ1v) is 4.30. The molecule has 92 valence electrons. The zero-order valence-corrected chi connectivity index (χ0v) is 8.22. The van der Waals surface area contributed by atoms with Gasteiger partial charge in [-0.05, 0) is 5.56 Å². The van der Waals surface area contributed by atoms with Crippen molar-refractivity contribution in [2.75, 3.05) is 0 Å². The molecular weight excluding hydrogens is 245 g/mol. The fourth-order valence-corrected chi connectivity index (χ4v) is 1.31. The van der Waals surface area contributed by atoms with Crippen molar-refractivity contribution >= 4 is 0 Å². The highest BCUT2D eigenvalue weighted by atomic mass is 19.4. The molecule has 2 N–H and O–H groups in total. The summed E-state index contributed by atoms with van der Waals surface area (Å²) in [6.45, 7) is -0.589. The number of halogens is 5. The summed E-state index contributed by atoms with van der Waals surface area (Å²) in [7, 11) is 0. The summed E-state index contributed by atoms with van der Waals surface area (Å²) in [6.07, 6.45) is -7.51. The van der Waals surface area contributed by atoms with Crippen LogP contribution in [0.2, 0.25) is 0 Å². The maximum Gasteiger partial charge on any atom is 0.434 e. The van der Waals surface area contributed by atoms with Gasteiger partial charge in [0.15, 0.2) is 5.69 Å². The molecule has 0 atom stereocenters. The first kappa shape index (κ1) is 13.3. The van der Waals surface area contributed by atoms with Gasteiger partial charge in [0.25, 0.3) is 6.43 Å². The van der Waals surface area contributed by atoms with Crippen LogP contribution in [0.15, 0.2) is 6.20 Å². The maximum absolute atomic E-state index is 12.5. The summed E-state index contributed by atoms with van der Waals surface area (Å²) < 4.78 is 62.3. The molecule has 0 amide bonds. The first-order valence-electron chi connectivity index (χ1n) is 4.30. The van der Waals surface area contributed by atoms with Gasteiger partial charge in [-0.3, -0.25) is 0 Å². The fraction of sp³-hybridized carbons (Fsp3) is 0.333. The molecule has 1 aromatic rings. The average Bonchev–Trinajstić information content (AvgIpc) is 2.25. The third kappa shape index (κ3) is 2.50. The van der Waals surface area contributed by atoms with E-state index in [1.807, 2.05) is 0 Å². The molecule has 0 saturated heterocycles. The van der Waals surface area contributed by atoms with Crippen LogP contribution in [0.4, 0.5) is 22.0 Å². The molecule has 1 heterocycles. The second kappa shape index (κ2) is 4.63. The topological polar surface area (TPSA) is 62.7 Å². The molecule has 0 radical (unpaired) electrons. The summed E-state index contributed by atoms with van der Waals surface area (Å²) in [6, 6.07) is 1.22. The highest BCUT2D eigenvalue weighted by Gasteiger charge is 2.37. The van der Waals surface area contributed by atoms with Crippen molar-refractivity contribution in [1.82, 2.24) is 4.98 Å². The van der Waals surface area contributed by atoms with Crippen LogP contribution in [0.3, 0.4) is 0 Å². The fourth-order valence-electron chi connectivity index (χ4n) is 1.31. The molecule has 0 aliphatic rings. The summed E-state index contributed by atoms with van der Waals surface area (Å²) in [5.41, 5.74) is 1.38. The highest BCUT2D eigenvalue weighted by Crippen LogP contribution is 2.34. The van der Waals surface area contributed by atoms with E-state index in [4.69, 9.17) is 11.0 Å². The van der Waals surface area contributed by atoms with Gasteiger partial charge >= 0.3 is 6.18 Å². The molecule has 0 unspecified atom stereocenters. The van der Waals surface area contributed by atoms with Gasteiger partial charge in [-0.15, -0.1) is 0 Å². The van der Waals surface area contributed by atoms with Gasteiger partial charge in [0.05, 0.1) is 5.56 Å². The monoisotopic (exact) mass is 251 g/mol. The summed E-state index contributed by atoms with van der Waals surface area (Å²) >= 11 is 0. The Bertz CT molecular complexity index is 461. The number of hydrogen-bond acceptors (Lipinski definition) is 3. The van der Waals surface area contributed by atoms with Gasteiger partial charge < -0.3 is 5.73 Å². The van der Waals surface area contributed by atoms with E-state index >= 15 is 0 Å². The van der Waals surface area contributed by atoms with Crippen molar-refractivity contribution in [2.24, 2.45) is 5.73 Å². The molecule has 17 heavy (non-hydrogen) atoms. The Hall–Kier alpha value is -1.75. The Balaban J connectivity index is 3.56. The van der Waals surface area contributed by atoms with E-state index in [1.54, 1.807) is 0 Å². The highest BCUT2D eigenvalue weighted by molar-refractivity contribution is 5.46. The van der Waals surface area contributed by atoms with Crippen LogP contribution in [0.25, 0.3) is 0 Å². The normalized spacial score (nSPS) is 11.6. The molecule has 3 nitrogen and oxygen atoms in total. The molecule has 8 heteroatoms. The van der Waals surface area contributed by atoms with E-state index in [2.05, 4.69) is 4.98 Å². The number of aromatic nitrogens is 1. The van der Waals surface area contributed by atoms with Crippen molar-refractivity contribution in [3.05, 3.63) is 28.6 Å². The lowest BCUT2D eigenvalue weighted by Gasteiger charge is -2.13. The minimum atomic E-state index is -4.88. The minimum absolute atomic E-state index is 0.399. The molecule has 0 aliphatic carbocycles. The van der Waals surface area contributed by atoms with Gasteiger partial charge in [-0.25, -0.2) is 13.8 Å². The molecule has 1 rings (SSSR count). The number of alkyl halides is 5. The zero-order valence-electron chi connectivity index (χ0n) is 8.22. The van der Waals surface area contributed by atoms with Crippen LogP contribution in [0.1, 0.15) is 28.8 Å². The number of rotatable bonds is 2. The maximum atomic E-state index is 12.5. The predicted molar refractivity (Wildman–Crippen MR) is 46.8 cm³/mol. The molecule has 0 aromatic carbocycles. The van der Waals surface area contributed by atoms with Crippen molar-refractivity contribution in [1.29, 1.82) is 5.26 Å². The molecule has 0 saturated carbocycles. The molecule has 0 aliphatic heterocycles. The van der Waals surface area contributed by atoms with Crippen LogP contribution in [-0.4, -0.2) is 4.98 Å². The second-order valence-electron chi connectivity index (χ2n) is 3.03. The van der Waals surface area contributed by atoms with E-state index in [0.29, 0.717) is 6.20 Å². The summed E-state index contributed by atoms with van der Waals surface area (Å²) in [5, 5.41) is 8.61. The lowest BCUT2D eigenvalue weighted by Crippen LogP contribution is -2.16. The molecule has 1 aromatic heterocycles. The molecular formula is C9H6F5N3. The summed E-state index contributed by atoms with van der Waals surface area (Å²) in [5.74, 6) is 0. The summed E-state index contributed by atoms with van der Waals surface area (Å²) in [4.78, 5) is 2.87. The van der Waals surface area contributed by atoms with Crippen LogP contribution in [0.5, 0.6) is 0 Å². The van der Waals surface area contributed by atoms with E-state index in [1.165, 1.54) is 6.07 Å². The van der Waals surface area contributed by atoms with E-state index in [-0.39, 0.29) is 0 Å². The van der Waals surface area contributed by atoms with Crippen molar-refractivity contribution in [2.45, 2.75) is 19.1 Å². The number of nitrogens with zero attached hydrogens (tertiary/aromatic N) is 2. The number of hydrogen-bond donors (Lipinski definition) is 1. The van der Waals surface area contributed by atoms with E-state index in [9.17, 15) is 22.0 Å². The third-order valence-electron chi connectivity index (χ3n) is 2.04. The van der Waals surface area contributed by atoms with Gasteiger partial charge in [-0.1, -0.05) is 0 Å². The number of pyridine rings is 1. The van der Waals surface area contributed by atoms with Crippen LogP contribution in [-0.2, 0) is 12.7 Å². The lowest BCUT2D eigenvalue weighted by molar-refractivity contribution is -0.141. The quantitative estimate of drug-likeness (QED) is 0.820. The van der Waals surface area contributed by atoms with Gasteiger partial charge in [0, 0.05) is 18.3 Å². The second-order valence-corrected chi connectivity index (χ2v) is 3.03. The van der Waals surface area contributed by atoms with E-state index in [0.717, 1.165) is 0 Å². The SMILES string of the molecule is N#Cc1c(C(F)(F)F)ncc(C(F)F)c1CN. The van der Waals surface area contributed by atoms with Crippen molar-refractivity contribution in [3.8, 4) is 6.07 Å². The zero-order chi connectivity index (χ0) is 13.2. The average molecular weight is 251 g/mol. The number of nitrogens with two attached hydrogens (primary N) is 1. The van der Waals surface area contributed by atoms with E-state index < -0.39 is 41.5 Å². The van der Waals surface area contributed by atoms with Gasteiger partial charge in [-0.2, -0.15) is 18.4 Å². The Morgan fingerprint density at radius 1 is 1.41 bits per heavy atom. The Morgan fingerprint density at radius 3 is 2.35 bits per heavy atom. The largest absolute Gasteiger partial charge is 0.434 e. The standard InChI is InChI=1S/C9H6F5N3/c10-8(11)6-3-17-7(9(12,13)14)5(2-16)4(6)1-15/h3,8H,1,15H2. The Kier molecular flexibility index (Phi) is 3.63. The Morgan fingerprint density at radius 2 is 2.00 bits per heavy atom. The smallest absolute Gasteiger partial charge is 0.326 e. The van der Waals surface area contributed by atoms with Crippen LogP contribution in [0, 0.1) is 11.3 Å². The molecule has 0 fully saturated rings. The lowest BCUT2D eigenvalue weighted by atomic mass is 10.0. The van der Waals surface area contributed by atoms with Crippen LogP contribution >= 0.6 is 0 Å². The first-order chi connectivity index (χ1) is 7.82. The minimum Gasteiger partial charge on any atom is -0.326 e. The van der Waals surface area contributed by atoms with Gasteiger partial charge in [0.1, 0.15) is 6.07 Å². The third-order valence-corrected chi connectivity index (χ3v) is 2.04. The van der Waals surface area contributed by atoms with Crippen LogP contribution < -0.4 is 5.73 Å². The molecule has 0 spiro atoms.